The van der Waals surface area contributed by atoms with Crippen LogP contribution in [0, 0.1) is 11.8 Å². The first-order valence-corrected chi connectivity index (χ1v) is 12.5. The van der Waals surface area contributed by atoms with E-state index in [9.17, 15) is 8.42 Å². The van der Waals surface area contributed by atoms with Gasteiger partial charge in [0, 0.05) is 37.6 Å². The molecule has 0 radical (unpaired) electrons. The predicted molar refractivity (Wildman–Crippen MR) is 113 cm³/mol. The number of piperidine rings is 2. The molecule has 28 heavy (non-hydrogen) atoms. The van der Waals surface area contributed by atoms with Gasteiger partial charge >= 0.3 is 0 Å². The topological polar surface area (TPSA) is 49.9 Å². The lowest BCUT2D eigenvalue weighted by molar-refractivity contribution is 0.0219. The summed E-state index contributed by atoms with van der Waals surface area (Å²) in [6.07, 6.45) is 4.01. The van der Waals surface area contributed by atoms with E-state index >= 15 is 0 Å². The second kappa shape index (κ2) is 8.13. The fourth-order valence-corrected chi connectivity index (χ4v) is 7.71. The number of nitrogens with zero attached hydrogens (tertiary/aromatic N) is 2. The van der Waals surface area contributed by atoms with Gasteiger partial charge in [-0.05, 0) is 60.8 Å². The molecular weight excluding hydrogens is 396 g/mol. The Morgan fingerprint density at radius 2 is 2.14 bits per heavy atom. The summed E-state index contributed by atoms with van der Waals surface area (Å²) in [6, 6.07) is 6.78. The van der Waals surface area contributed by atoms with Gasteiger partial charge in [-0.15, -0.1) is 11.6 Å². The molecule has 7 heteroatoms. The number of methoxy groups -OCH3 is 1. The van der Waals surface area contributed by atoms with Gasteiger partial charge in [0.25, 0.3) is 0 Å². The Bertz CT molecular complexity index is 816. The van der Waals surface area contributed by atoms with Gasteiger partial charge in [0.15, 0.2) is 0 Å². The molecule has 4 rings (SSSR count). The Labute approximate surface area is 174 Å². The normalized spacial score (nSPS) is 29.5. The van der Waals surface area contributed by atoms with Crippen molar-refractivity contribution in [2.24, 2.45) is 11.8 Å². The van der Waals surface area contributed by atoms with Crippen molar-refractivity contribution in [1.29, 1.82) is 0 Å². The fourth-order valence-electron chi connectivity index (χ4n) is 5.36. The number of alkyl halides is 1. The van der Waals surface area contributed by atoms with Gasteiger partial charge in [-0.2, -0.15) is 4.31 Å². The zero-order chi connectivity index (χ0) is 19.9. The van der Waals surface area contributed by atoms with Crippen LogP contribution >= 0.6 is 11.6 Å². The van der Waals surface area contributed by atoms with Crippen LogP contribution in [0.5, 0.6) is 5.75 Å². The lowest BCUT2D eigenvalue weighted by atomic mass is 9.77. The second-order valence-corrected chi connectivity index (χ2v) is 11.0. The first-order chi connectivity index (χ1) is 13.4. The number of hydrogen-bond acceptors (Lipinski definition) is 4. The SMILES string of the molecule is COc1ccc2c(c1)CCN1C[C@H]3CCCN(S(=O)(=O)CC(C)CCl)[C@H]3C[C@@H]21. The molecule has 1 aromatic carbocycles. The maximum absolute atomic E-state index is 13.1. The van der Waals surface area contributed by atoms with Crippen LogP contribution in [0.15, 0.2) is 18.2 Å². The van der Waals surface area contributed by atoms with Gasteiger partial charge < -0.3 is 4.74 Å². The van der Waals surface area contributed by atoms with E-state index in [1.165, 1.54) is 11.1 Å². The molecule has 3 aliphatic heterocycles. The van der Waals surface area contributed by atoms with Gasteiger partial charge in [0.05, 0.1) is 12.9 Å². The van der Waals surface area contributed by atoms with Crippen molar-refractivity contribution < 1.29 is 13.2 Å². The van der Waals surface area contributed by atoms with Crippen LogP contribution in [-0.2, 0) is 16.4 Å². The van der Waals surface area contributed by atoms with Crippen LogP contribution in [-0.4, -0.2) is 62.0 Å². The molecule has 156 valence electrons. The lowest BCUT2D eigenvalue weighted by Gasteiger charge is -2.51. The minimum atomic E-state index is -3.28. The molecule has 0 aromatic heterocycles. The highest BCUT2D eigenvalue weighted by atomic mass is 35.5. The Morgan fingerprint density at radius 1 is 1.32 bits per heavy atom. The molecule has 3 heterocycles. The van der Waals surface area contributed by atoms with E-state index in [-0.39, 0.29) is 17.7 Å². The molecule has 2 saturated heterocycles. The van der Waals surface area contributed by atoms with Gasteiger partial charge in [-0.3, -0.25) is 4.90 Å². The minimum Gasteiger partial charge on any atom is -0.497 e. The molecule has 0 saturated carbocycles. The van der Waals surface area contributed by atoms with Crippen LogP contribution in [0.25, 0.3) is 0 Å². The molecule has 2 fully saturated rings. The molecule has 0 aliphatic carbocycles. The van der Waals surface area contributed by atoms with E-state index in [0.29, 0.717) is 24.4 Å². The molecule has 0 spiro atoms. The van der Waals surface area contributed by atoms with Gasteiger partial charge in [-0.25, -0.2) is 8.42 Å². The molecule has 4 atom stereocenters. The summed E-state index contributed by atoms with van der Waals surface area (Å²) in [7, 11) is -1.58. The van der Waals surface area contributed by atoms with E-state index in [1.807, 2.05) is 17.3 Å². The third-order valence-electron chi connectivity index (χ3n) is 6.74. The van der Waals surface area contributed by atoms with Crippen molar-refractivity contribution in [3.63, 3.8) is 0 Å². The Balaban J connectivity index is 1.60. The van der Waals surface area contributed by atoms with Gasteiger partial charge in [0.2, 0.25) is 10.0 Å². The monoisotopic (exact) mass is 426 g/mol. The third kappa shape index (κ3) is 3.81. The molecule has 0 amide bonds. The highest BCUT2D eigenvalue weighted by Crippen LogP contribution is 2.44. The van der Waals surface area contributed by atoms with Gasteiger partial charge in [-0.1, -0.05) is 13.0 Å². The Kier molecular flexibility index (Phi) is 5.94. The molecule has 1 unspecified atom stereocenters. The number of ether oxygens (including phenoxy) is 1. The number of sulfonamides is 1. The highest BCUT2D eigenvalue weighted by molar-refractivity contribution is 7.89. The highest BCUT2D eigenvalue weighted by Gasteiger charge is 2.45. The fraction of sp³-hybridized carbons (Fsp3) is 0.714. The van der Waals surface area contributed by atoms with Crippen molar-refractivity contribution in [2.75, 3.05) is 38.4 Å². The number of hydrogen-bond donors (Lipinski definition) is 0. The molecule has 0 N–H and O–H groups in total. The first kappa shape index (κ1) is 20.5. The first-order valence-electron chi connectivity index (χ1n) is 10.4. The van der Waals surface area contributed by atoms with Gasteiger partial charge in [0.1, 0.15) is 5.75 Å². The average molecular weight is 427 g/mol. The van der Waals surface area contributed by atoms with Crippen LogP contribution in [0.4, 0.5) is 0 Å². The summed E-state index contributed by atoms with van der Waals surface area (Å²) in [5.74, 6) is 1.85. The molecule has 1 aromatic rings. The smallest absolute Gasteiger partial charge is 0.214 e. The van der Waals surface area contributed by atoms with Crippen molar-refractivity contribution in [2.45, 2.75) is 44.7 Å². The summed E-state index contributed by atoms with van der Waals surface area (Å²) in [4.78, 5) is 2.58. The Morgan fingerprint density at radius 3 is 2.89 bits per heavy atom. The minimum absolute atomic E-state index is 0.0185. The molecule has 0 bridgehead atoms. The summed E-state index contributed by atoms with van der Waals surface area (Å²) in [5, 5.41) is 0. The number of halogens is 1. The number of rotatable bonds is 5. The van der Waals surface area contributed by atoms with Crippen molar-refractivity contribution in [1.82, 2.24) is 9.21 Å². The summed E-state index contributed by atoms with van der Waals surface area (Å²) in [6.45, 7) is 4.61. The summed E-state index contributed by atoms with van der Waals surface area (Å²) in [5.41, 5.74) is 2.70. The van der Waals surface area contributed by atoms with Crippen molar-refractivity contribution >= 4 is 21.6 Å². The largest absolute Gasteiger partial charge is 0.497 e. The zero-order valence-corrected chi connectivity index (χ0v) is 18.4. The van der Waals surface area contributed by atoms with Crippen LogP contribution < -0.4 is 4.74 Å². The summed E-state index contributed by atoms with van der Waals surface area (Å²) < 4.78 is 33.5. The second-order valence-electron chi connectivity index (χ2n) is 8.68. The standard InChI is InChI=1S/C21H31ClN2O3S/c1-15(12-22)14-28(25,26)24-8-3-4-17-13-23-9-7-16-10-18(27-2)5-6-19(16)21(23)11-20(17)24/h5-6,10,15,17,20-21H,3-4,7-9,11-14H2,1-2H3/t15?,17-,20+,21+/m1/s1. The predicted octanol–water partition coefficient (Wildman–Crippen LogP) is 3.28. The number of benzene rings is 1. The van der Waals surface area contributed by atoms with E-state index < -0.39 is 10.0 Å². The molecule has 3 aliphatic rings. The average Bonchev–Trinajstić information content (AvgIpc) is 2.70. The Hall–Kier alpha value is -0.820. The summed E-state index contributed by atoms with van der Waals surface area (Å²) >= 11 is 5.91. The van der Waals surface area contributed by atoms with E-state index in [2.05, 4.69) is 17.0 Å². The van der Waals surface area contributed by atoms with Crippen LogP contribution in [0.2, 0.25) is 0 Å². The molecular formula is C21H31ClN2O3S. The van der Waals surface area contributed by atoms with E-state index in [1.54, 1.807) is 7.11 Å². The van der Waals surface area contributed by atoms with Crippen LogP contribution in [0.3, 0.4) is 0 Å². The quantitative estimate of drug-likeness (QED) is 0.678. The van der Waals surface area contributed by atoms with Crippen LogP contribution in [0.1, 0.15) is 43.4 Å². The van der Waals surface area contributed by atoms with E-state index in [0.717, 1.165) is 44.5 Å². The maximum Gasteiger partial charge on any atom is 0.214 e. The lowest BCUT2D eigenvalue weighted by Crippen LogP contribution is -2.58. The zero-order valence-electron chi connectivity index (χ0n) is 16.8. The number of fused-ring (bicyclic) bond motifs is 4. The van der Waals surface area contributed by atoms with Crippen molar-refractivity contribution in [3.05, 3.63) is 29.3 Å². The third-order valence-corrected chi connectivity index (χ3v) is 9.42. The van der Waals surface area contributed by atoms with E-state index in [4.69, 9.17) is 16.3 Å². The van der Waals surface area contributed by atoms with Crippen molar-refractivity contribution in [3.8, 4) is 5.75 Å². The molecule has 5 nitrogen and oxygen atoms in total. The maximum atomic E-state index is 13.1.